The van der Waals surface area contributed by atoms with E-state index < -0.39 is 0 Å². The molecule has 0 heterocycles. The largest absolute Gasteiger partial charge is 0.485 e. The number of carbonyl (C=O) groups excluding carboxylic acids is 1. The molecule has 0 bridgehead atoms. The minimum absolute atomic E-state index is 0.00704. The zero-order valence-corrected chi connectivity index (χ0v) is 13.3. The van der Waals surface area contributed by atoms with Crippen LogP contribution < -0.4 is 4.74 Å². The molecule has 110 valence electrons. The van der Waals surface area contributed by atoms with Crippen molar-refractivity contribution < 1.29 is 9.53 Å². The topological polar surface area (TPSA) is 26.3 Å². The molecular weight excluding hydrogens is 284 g/mol. The van der Waals surface area contributed by atoms with Gasteiger partial charge >= 0.3 is 0 Å². The highest BCUT2D eigenvalue weighted by Crippen LogP contribution is 2.27. The van der Waals surface area contributed by atoms with Crippen molar-refractivity contribution in [3.8, 4) is 5.75 Å². The summed E-state index contributed by atoms with van der Waals surface area (Å²) < 4.78 is 5.74. The Balaban J connectivity index is 2.15. The van der Waals surface area contributed by atoms with E-state index in [0.717, 1.165) is 16.9 Å². The SMILES string of the molecule is Cc1ccc(C(C)C)c(OCC(=O)c2ccccc2Cl)c1. The Labute approximate surface area is 130 Å². The average Bonchev–Trinajstić information content (AvgIpc) is 2.45. The molecule has 0 spiro atoms. The number of rotatable bonds is 5. The van der Waals surface area contributed by atoms with Crippen LogP contribution in [0.15, 0.2) is 42.5 Å². The highest BCUT2D eigenvalue weighted by Gasteiger charge is 2.13. The lowest BCUT2D eigenvalue weighted by molar-refractivity contribution is 0.0920. The fraction of sp³-hybridized carbons (Fsp3) is 0.278. The molecule has 2 aromatic rings. The van der Waals surface area contributed by atoms with Gasteiger partial charge < -0.3 is 4.74 Å². The molecule has 0 N–H and O–H groups in total. The van der Waals surface area contributed by atoms with Gasteiger partial charge in [0.1, 0.15) is 5.75 Å². The summed E-state index contributed by atoms with van der Waals surface area (Å²) in [5, 5.41) is 0.458. The lowest BCUT2D eigenvalue weighted by Crippen LogP contribution is -2.13. The fourth-order valence-corrected chi connectivity index (χ4v) is 2.39. The van der Waals surface area contributed by atoms with Crippen LogP contribution in [0.5, 0.6) is 5.75 Å². The number of aryl methyl sites for hydroxylation is 1. The van der Waals surface area contributed by atoms with Gasteiger partial charge in [0, 0.05) is 5.56 Å². The third-order valence-electron chi connectivity index (χ3n) is 3.32. The standard InChI is InChI=1S/C18H19ClO2/c1-12(2)14-9-8-13(3)10-18(14)21-11-17(20)15-6-4-5-7-16(15)19/h4-10,12H,11H2,1-3H3. The molecule has 2 aromatic carbocycles. The molecule has 3 heteroatoms. The van der Waals surface area contributed by atoms with E-state index in [0.29, 0.717) is 16.5 Å². The van der Waals surface area contributed by atoms with Crippen molar-refractivity contribution in [2.24, 2.45) is 0 Å². The van der Waals surface area contributed by atoms with Gasteiger partial charge in [0.15, 0.2) is 6.61 Å². The Morgan fingerprint density at radius 1 is 1.19 bits per heavy atom. The van der Waals surface area contributed by atoms with Crippen LogP contribution in [0.25, 0.3) is 0 Å². The van der Waals surface area contributed by atoms with Crippen LogP contribution >= 0.6 is 11.6 Å². The van der Waals surface area contributed by atoms with Gasteiger partial charge in [-0.2, -0.15) is 0 Å². The van der Waals surface area contributed by atoms with Crippen LogP contribution in [-0.2, 0) is 0 Å². The molecular formula is C18H19ClO2. The molecule has 0 aliphatic carbocycles. The van der Waals surface area contributed by atoms with Crippen molar-refractivity contribution >= 4 is 17.4 Å². The summed E-state index contributed by atoms with van der Waals surface area (Å²) in [5.41, 5.74) is 2.71. The number of hydrogen-bond donors (Lipinski definition) is 0. The lowest BCUT2D eigenvalue weighted by atomic mass is 10.0. The molecule has 0 saturated carbocycles. The number of ketones is 1. The third-order valence-corrected chi connectivity index (χ3v) is 3.65. The highest BCUT2D eigenvalue weighted by atomic mass is 35.5. The molecule has 2 nitrogen and oxygen atoms in total. The first-order valence-electron chi connectivity index (χ1n) is 7.00. The Morgan fingerprint density at radius 2 is 1.90 bits per heavy atom. The first-order valence-corrected chi connectivity index (χ1v) is 7.38. The van der Waals surface area contributed by atoms with E-state index in [9.17, 15) is 4.79 Å². The van der Waals surface area contributed by atoms with Gasteiger partial charge in [-0.25, -0.2) is 0 Å². The molecule has 2 rings (SSSR count). The van der Waals surface area contributed by atoms with Crippen molar-refractivity contribution in [3.05, 3.63) is 64.2 Å². The van der Waals surface area contributed by atoms with Gasteiger partial charge in [0.05, 0.1) is 5.02 Å². The number of carbonyl (C=O) groups is 1. The van der Waals surface area contributed by atoms with Crippen molar-refractivity contribution in [2.75, 3.05) is 6.61 Å². The Morgan fingerprint density at radius 3 is 2.57 bits per heavy atom. The van der Waals surface area contributed by atoms with E-state index in [1.54, 1.807) is 24.3 Å². The summed E-state index contributed by atoms with van der Waals surface area (Å²) in [6.45, 7) is 6.21. The highest BCUT2D eigenvalue weighted by molar-refractivity contribution is 6.34. The van der Waals surface area contributed by atoms with E-state index >= 15 is 0 Å². The third kappa shape index (κ3) is 3.85. The molecule has 21 heavy (non-hydrogen) atoms. The molecule has 0 aliphatic rings. The molecule has 0 unspecified atom stereocenters. The van der Waals surface area contributed by atoms with Gasteiger partial charge in [-0.05, 0) is 42.2 Å². The van der Waals surface area contributed by atoms with Crippen molar-refractivity contribution in [3.63, 3.8) is 0 Å². The number of halogens is 1. The van der Waals surface area contributed by atoms with E-state index in [2.05, 4.69) is 26.0 Å². The van der Waals surface area contributed by atoms with Crippen LogP contribution in [0.2, 0.25) is 5.02 Å². The van der Waals surface area contributed by atoms with Gasteiger partial charge in [0.25, 0.3) is 0 Å². The van der Waals surface area contributed by atoms with Gasteiger partial charge in [-0.3, -0.25) is 4.79 Å². The van der Waals surface area contributed by atoms with E-state index in [1.807, 2.05) is 13.0 Å². The van der Waals surface area contributed by atoms with Gasteiger partial charge in [-0.1, -0.05) is 49.7 Å². The predicted molar refractivity (Wildman–Crippen MR) is 86.5 cm³/mol. The fourth-order valence-electron chi connectivity index (χ4n) is 2.15. The Hall–Kier alpha value is -1.80. The first-order chi connectivity index (χ1) is 9.99. The minimum Gasteiger partial charge on any atom is -0.485 e. The second kappa shape index (κ2) is 6.77. The van der Waals surface area contributed by atoms with Crippen molar-refractivity contribution in [1.29, 1.82) is 0 Å². The molecule has 0 atom stereocenters. The summed E-state index contributed by atoms with van der Waals surface area (Å²) in [4.78, 5) is 12.2. The number of hydrogen-bond acceptors (Lipinski definition) is 2. The average molecular weight is 303 g/mol. The van der Waals surface area contributed by atoms with Crippen LogP contribution in [0.4, 0.5) is 0 Å². The molecule has 0 amide bonds. The molecule has 0 fully saturated rings. The van der Waals surface area contributed by atoms with Gasteiger partial charge in [0.2, 0.25) is 5.78 Å². The van der Waals surface area contributed by atoms with Crippen LogP contribution in [0.1, 0.15) is 41.3 Å². The summed E-state index contributed by atoms with van der Waals surface area (Å²) in [7, 11) is 0. The number of ether oxygens (including phenoxy) is 1. The van der Waals surface area contributed by atoms with Crippen molar-refractivity contribution in [1.82, 2.24) is 0 Å². The zero-order valence-electron chi connectivity index (χ0n) is 12.5. The number of benzene rings is 2. The Bertz CT molecular complexity index is 647. The number of Topliss-reactive ketones (excluding diaryl/α,β-unsaturated/α-hetero) is 1. The first kappa shape index (κ1) is 15.6. The monoisotopic (exact) mass is 302 g/mol. The maximum atomic E-state index is 12.2. The quantitative estimate of drug-likeness (QED) is 0.724. The second-order valence-electron chi connectivity index (χ2n) is 5.39. The lowest BCUT2D eigenvalue weighted by Gasteiger charge is -2.14. The van der Waals surface area contributed by atoms with E-state index in [4.69, 9.17) is 16.3 Å². The summed E-state index contributed by atoms with van der Waals surface area (Å²) in [6.07, 6.45) is 0. The minimum atomic E-state index is -0.114. The van der Waals surface area contributed by atoms with E-state index in [-0.39, 0.29) is 12.4 Å². The predicted octanol–water partition coefficient (Wildman–Crippen LogP) is 5.03. The second-order valence-corrected chi connectivity index (χ2v) is 5.79. The van der Waals surface area contributed by atoms with Crippen LogP contribution in [0, 0.1) is 6.92 Å². The summed E-state index contributed by atoms with van der Waals surface area (Å²) >= 11 is 6.03. The molecule has 0 saturated heterocycles. The van der Waals surface area contributed by atoms with Crippen LogP contribution in [0.3, 0.4) is 0 Å². The van der Waals surface area contributed by atoms with Gasteiger partial charge in [-0.15, -0.1) is 0 Å². The Kier molecular flexibility index (Phi) is 5.03. The van der Waals surface area contributed by atoms with Crippen molar-refractivity contribution in [2.45, 2.75) is 26.7 Å². The molecule has 0 aromatic heterocycles. The maximum Gasteiger partial charge on any atom is 0.201 e. The summed E-state index contributed by atoms with van der Waals surface area (Å²) in [5.74, 6) is 0.998. The molecule has 0 radical (unpaired) electrons. The zero-order chi connectivity index (χ0) is 15.4. The van der Waals surface area contributed by atoms with Crippen LogP contribution in [-0.4, -0.2) is 12.4 Å². The summed E-state index contributed by atoms with van der Waals surface area (Å²) in [6, 6.07) is 13.1. The maximum absolute atomic E-state index is 12.2. The van der Waals surface area contributed by atoms with E-state index in [1.165, 1.54) is 0 Å². The normalized spacial score (nSPS) is 10.7. The molecule has 0 aliphatic heterocycles. The smallest absolute Gasteiger partial charge is 0.201 e.